The zero-order valence-corrected chi connectivity index (χ0v) is 22.5. The Morgan fingerprint density at radius 3 is 2.57 bits per heavy atom. The first-order valence-corrected chi connectivity index (χ1v) is 12.9. The smallest absolute Gasteiger partial charge is 0.310 e. The van der Waals surface area contributed by atoms with Crippen molar-refractivity contribution in [1.82, 2.24) is 9.91 Å². The van der Waals surface area contributed by atoms with Crippen LogP contribution in [0, 0.1) is 19.8 Å². The summed E-state index contributed by atoms with van der Waals surface area (Å²) < 4.78 is 16.3. The molecule has 1 saturated heterocycles. The van der Waals surface area contributed by atoms with Crippen LogP contribution < -0.4 is 9.47 Å². The summed E-state index contributed by atoms with van der Waals surface area (Å²) in [6.45, 7) is 7.81. The first-order valence-electron chi connectivity index (χ1n) is 12.9. The van der Waals surface area contributed by atoms with Crippen molar-refractivity contribution in [3.8, 4) is 11.5 Å². The molecule has 2 aliphatic heterocycles. The standard InChI is InChI=1S/C29H37N3O5/c1-6-37-29(34)22-8-7-13-31(17-22)18-28(33)32-26(24-12-11-23(35-4)15-27(24)36-5)16-25(30-32)21-10-9-19(2)20(3)14-21/h9-12,14-15,22,26H,6-8,13,16-18H2,1-5H3/t22-,26-/m0/s1. The van der Waals surface area contributed by atoms with Gasteiger partial charge in [0.2, 0.25) is 0 Å². The maximum Gasteiger partial charge on any atom is 0.310 e. The first kappa shape index (κ1) is 26.7. The molecule has 0 aromatic heterocycles. The number of aryl methyl sites for hydroxylation is 2. The normalized spacial score (nSPS) is 19.9. The van der Waals surface area contributed by atoms with E-state index in [1.807, 2.05) is 30.0 Å². The van der Waals surface area contributed by atoms with Crippen LogP contribution in [0.15, 0.2) is 41.5 Å². The van der Waals surface area contributed by atoms with E-state index in [2.05, 4.69) is 32.0 Å². The zero-order valence-electron chi connectivity index (χ0n) is 22.5. The van der Waals surface area contributed by atoms with Crippen LogP contribution in [0.25, 0.3) is 0 Å². The lowest BCUT2D eigenvalue weighted by molar-refractivity contribution is -0.150. The number of amides is 1. The monoisotopic (exact) mass is 507 g/mol. The van der Waals surface area contributed by atoms with Crippen LogP contribution in [0.4, 0.5) is 0 Å². The maximum atomic E-state index is 13.7. The number of methoxy groups -OCH3 is 2. The molecule has 0 N–H and O–H groups in total. The Morgan fingerprint density at radius 1 is 1.05 bits per heavy atom. The Morgan fingerprint density at radius 2 is 1.86 bits per heavy atom. The van der Waals surface area contributed by atoms with E-state index >= 15 is 0 Å². The predicted octanol–water partition coefficient (Wildman–Crippen LogP) is 4.27. The van der Waals surface area contributed by atoms with Crippen molar-refractivity contribution in [2.45, 2.75) is 46.1 Å². The number of ether oxygens (including phenoxy) is 3. The molecule has 2 aromatic rings. The molecule has 1 fully saturated rings. The molecule has 8 nitrogen and oxygen atoms in total. The minimum atomic E-state index is -0.310. The number of benzene rings is 2. The zero-order chi connectivity index (χ0) is 26.5. The second kappa shape index (κ2) is 11.8. The van der Waals surface area contributed by atoms with Gasteiger partial charge in [0, 0.05) is 24.6 Å². The molecule has 4 rings (SSSR count). The number of hydrazone groups is 1. The molecule has 0 aliphatic carbocycles. The Kier molecular flexibility index (Phi) is 8.48. The first-order chi connectivity index (χ1) is 17.8. The molecule has 0 saturated carbocycles. The molecule has 0 spiro atoms. The van der Waals surface area contributed by atoms with Gasteiger partial charge >= 0.3 is 5.97 Å². The number of piperidine rings is 1. The molecule has 2 aliphatic rings. The summed E-state index contributed by atoms with van der Waals surface area (Å²) in [5.41, 5.74) is 5.15. The van der Waals surface area contributed by atoms with Gasteiger partial charge in [-0.15, -0.1) is 0 Å². The molecule has 37 heavy (non-hydrogen) atoms. The molecular formula is C29H37N3O5. The van der Waals surface area contributed by atoms with E-state index in [0.717, 1.165) is 36.2 Å². The molecule has 198 valence electrons. The van der Waals surface area contributed by atoms with Crippen LogP contribution in [-0.4, -0.2) is 68.0 Å². The number of carbonyl (C=O) groups is 2. The van der Waals surface area contributed by atoms with Crippen LogP contribution >= 0.6 is 0 Å². The van der Waals surface area contributed by atoms with E-state index in [9.17, 15) is 9.59 Å². The number of esters is 1. The Bertz CT molecular complexity index is 1180. The second-order valence-electron chi connectivity index (χ2n) is 9.74. The summed E-state index contributed by atoms with van der Waals surface area (Å²) in [6.07, 6.45) is 2.21. The van der Waals surface area contributed by atoms with Gasteiger partial charge in [0.1, 0.15) is 11.5 Å². The van der Waals surface area contributed by atoms with Crippen molar-refractivity contribution in [2.75, 3.05) is 40.5 Å². The molecule has 2 heterocycles. The van der Waals surface area contributed by atoms with Crippen molar-refractivity contribution in [2.24, 2.45) is 11.0 Å². The fourth-order valence-corrected chi connectivity index (χ4v) is 5.09. The van der Waals surface area contributed by atoms with Gasteiger partial charge in [0.25, 0.3) is 5.91 Å². The number of rotatable bonds is 8. The third kappa shape index (κ3) is 5.96. The van der Waals surface area contributed by atoms with Gasteiger partial charge in [0.05, 0.1) is 45.0 Å². The predicted molar refractivity (Wildman–Crippen MR) is 142 cm³/mol. The Hall–Kier alpha value is -3.39. The average molecular weight is 508 g/mol. The lowest BCUT2D eigenvalue weighted by Gasteiger charge is -2.32. The largest absolute Gasteiger partial charge is 0.497 e. The van der Waals surface area contributed by atoms with Crippen LogP contribution in [0.2, 0.25) is 0 Å². The van der Waals surface area contributed by atoms with E-state index < -0.39 is 0 Å². The number of hydrogen-bond donors (Lipinski definition) is 0. The van der Waals surface area contributed by atoms with Gasteiger partial charge in [-0.3, -0.25) is 14.5 Å². The number of likely N-dealkylation sites (tertiary alicyclic amines) is 1. The SMILES string of the molecule is CCOC(=O)[C@H]1CCCN(CC(=O)N2N=C(c3ccc(C)c(C)c3)C[C@H]2c2ccc(OC)cc2OC)C1. The third-order valence-corrected chi connectivity index (χ3v) is 7.29. The Balaban J connectivity index is 1.61. The van der Waals surface area contributed by atoms with Crippen molar-refractivity contribution >= 4 is 17.6 Å². The lowest BCUT2D eigenvalue weighted by Crippen LogP contribution is -2.44. The highest BCUT2D eigenvalue weighted by molar-refractivity contribution is 6.03. The van der Waals surface area contributed by atoms with E-state index in [0.29, 0.717) is 31.1 Å². The second-order valence-corrected chi connectivity index (χ2v) is 9.74. The van der Waals surface area contributed by atoms with Gasteiger partial charge in [-0.2, -0.15) is 5.10 Å². The van der Waals surface area contributed by atoms with E-state index in [1.54, 1.807) is 19.2 Å². The van der Waals surface area contributed by atoms with Crippen molar-refractivity contribution < 1.29 is 23.8 Å². The highest BCUT2D eigenvalue weighted by atomic mass is 16.5. The van der Waals surface area contributed by atoms with Gasteiger partial charge in [-0.05, 0) is 75.0 Å². The summed E-state index contributed by atoms with van der Waals surface area (Å²) in [6, 6.07) is 11.6. The minimum Gasteiger partial charge on any atom is -0.497 e. The van der Waals surface area contributed by atoms with Crippen molar-refractivity contribution in [1.29, 1.82) is 0 Å². The topological polar surface area (TPSA) is 80.7 Å². The van der Waals surface area contributed by atoms with Gasteiger partial charge in [0.15, 0.2) is 0 Å². The van der Waals surface area contributed by atoms with Crippen LogP contribution in [0.3, 0.4) is 0 Å². The van der Waals surface area contributed by atoms with E-state index in [1.165, 1.54) is 11.1 Å². The summed E-state index contributed by atoms with van der Waals surface area (Å²) in [4.78, 5) is 28.1. The quantitative estimate of drug-likeness (QED) is 0.497. The van der Waals surface area contributed by atoms with Gasteiger partial charge < -0.3 is 14.2 Å². The molecule has 0 bridgehead atoms. The summed E-state index contributed by atoms with van der Waals surface area (Å²) in [5.74, 6) is 0.846. The fourth-order valence-electron chi connectivity index (χ4n) is 5.09. The average Bonchev–Trinajstić information content (AvgIpc) is 3.35. The lowest BCUT2D eigenvalue weighted by atomic mass is 9.95. The summed E-state index contributed by atoms with van der Waals surface area (Å²) >= 11 is 0. The maximum absolute atomic E-state index is 13.7. The third-order valence-electron chi connectivity index (χ3n) is 7.29. The number of carbonyl (C=O) groups excluding carboxylic acids is 2. The van der Waals surface area contributed by atoms with Crippen LogP contribution in [-0.2, 0) is 14.3 Å². The molecule has 0 radical (unpaired) electrons. The molecule has 2 atom stereocenters. The van der Waals surface area contributed by atoms with Crippen LogP contribution in [0.1, 0.15) is 54.5 Å². The molecular weight excluding hydrogens is 470 g/mol. The van der Waals surface area contributed by atoms with E-state index in [-0.39, 0.29) is 30.4 Å². The molecule has 1 amide bonds. The van der Waals surface area contributed by atoms with Gasteiger partial charge in [-0.1, -0.05) is 12.1 Å². The summed E-state index contributed by atoms with van der Waals surface area (Å²) in [5, 5.41) is 6.45. The minimum absolute atomic E-state index is 0.105. The highest BCUT2D eigenvalue weighted by Gasteiger charge is 2.36. The van der Waals surface area contributed by atoms with E-state index in [4.69, 9.17) is 19.3 Å². The fraction of sp³-hybridized carbons (Fsp3) is 0.483. The number of nitrogens with zero attached hydrogens (tertiary/aromatic N) is 3. The van der Waals surface area contributed by atoms with Crippen molar-refractivity contribution in [3.63, 3.8) is 0 Å². The Labute approximate surface area is 219 Å². The van der Waals surface area contributed by atoms with Crippen molar-refractivity contribution in [3.05, 3.63) is 58.7 Å². The summed E-state index contributed by atoms with van der Waals surface area (Å²) in [7, 11) is 3.23. The highest BCUT2D eigenvalue weighted by Crippen LogP contribution is 2.39. The van der Waals surface area contributed by atoms with Crippen LogP contribution in [0.5, 0.6) is 11.5 Å². The molecule has 8 heteroatoms. The van der Waals surface area contributed by atoms with Gasteiger partial charge in [-0.25, -0.2) is 5.01 Å². The molecule has 2 aromatic carbocycles. The molecule has 0 unspecified atom stereocenters. The number of hydrogen-bond acceptors (Lipinski definition) is 7.